The number of hydrogen-bond acceptors (Lipinski definition) is 3. The van der Waals surface area contributed by atoms with Gasteiger partial charge in [-0.2, -0.15) is 0 Å². The van der Waals surface area contributed by atoms with Crippen LogP contribution in [-0.2, 0) is 11.3 Å². The van der Waals surface area contributed by atoms with Crippen LogP contribution in [0.25, 0.3) is 0 Å². The highest BCUT2D eigenvalue weighted by atomic mass is 35.5. The van der Waals surface area contributed by atoms with E-state index in [1.54, 1.807) is 12.4 Å². The largest absolute Gasteiger partial charge is 0.457 e. The Morgan fingerprint density at radius 1 is 1.20 bits per heavy atom. The summed E-state index contributed by atoms with van der Waals surface area (Å²) in [7, 11) is 1.90. The predicted octanol–water partition coefficient (Wildman–Crippen LogP) is 5.27. The molecule has 0 aliphatic carbocycles. The van der Waals surface area contributed by atoms with Crippen molar-refractivity contribution < 1.29 is 9.53 Å². The van der Waals surface area contributed by atoms with Crippen molar-refractivity contribution in [3.8, 4) is 0 Å². The molecule has 0 heterocycles. The number of carbonyl (C=O) groups excluding carboxylic acids is 1. The van der Waals surface area contributed by atoms with E-state index in [9.17, 15) is 4.79 Å². The van der Waals surface area contributed by atoms with E-state index in [1.165, 1.54) is 6.07 Å². The zero-order valence-corrected chi connectivity index (χ0v) is 15.9. The zero-order valence-electron chi connectivity index (χ0n) is 14.4. The fourth-order valence-corrected chi connectivity index (χ4v) is 2.39. The van der Waals surface area contributed by atoms with Gasteiger partial charge in [-0.3, -0.25) is 0 Å². The van der Waals surface area contributed by atoms with Crippen molar-refractivity contribution in [2.45, 2.75) is 20.5 Å². The van der Waals surface area contributed by atoms with Gasteiger partial charge in [0.15, 0.2) is 0 Å². The number of benzene rings is 2. The molecular formula is C19H20Cl2N2O2. The molecule has 0 amide bonds. The minimum Gasteiger partial charge on any atom is -0.457 e. The van der Waals surface area contributed by atoms with E-state index < -0.39 is 5.97 Å². The maximum absolute atomic E-state index is 12.3. The summed E-state index contributed by atoms with van der Waals surface area (Å²) in [5.41, 5.74) is 2.78. The molecule has 0 atom stereocenters. The molecule has 0 aromatic heterocycles. The average Bonchev–Trinajstić information content (AvgIpc) is 2.61. The van der Waals surface area contributed by atoms with Gasteiger partial charge in [0.2, 0.25) is 0 Å². The van der Waals surface area contributed by atoms with Crippen LogP contribution in [0.3, 0.4) is 0 Å². The molecule has 0 bridgehead atoms. The van der Waals surface area contributed by atoms with Crippen molar-refractivity contribution in [2.75, 3.05) is 13.6 Å². The molecule has 0 radical (unpaired) electrons. The van der Waals surface area contributed by atoms with Crippen LogP contribution in [0.2, 0.25) is 10.0 Å². The zero-order chi connectivity index (χ0) is 18.4. The lowest BCUT2D eigenvalue weighted by Gasteiger charge is -2.10. The molecule has 0 saturated carbocycles. The van der Waals surface area contributed by atoms with Gasteiger partial charge in [0.25, 0.3) is 0 Å². The van der Waals surface area contributed by atoms with Crippen LogP contribution < -0.4 is 0 Å². The number of rotatable bonds is 6. The highest BCUT2D eigenvalue weighted by molar-refractivity contribution is 6.37. The van der Waals surface area contributed by atoms with E-state index >= 15 is 0 Å². The van der Waals surface area contributed by atoms with Gasteiger partial charge in [-0.1, -0.05) is 53.0 Å². The molecule has 0 N–H and O–H groups in total. The number of halogens is 2. The quantitative estimate of drug-likeness (QED) is 0.390. The summed E-state index contributed by atoms with van der Waals surface area (Å²) in [5, 5.41) is 0.594. The summed E-state index contributed by atoms with van der Waals surface area (Å²) in [5.74, 6) is -0.520. The molecule has 4 nitrogen and oxygen atoms in total. The molecule has 0 unspecified atom stereocenters. The van der Waals surface area contributed by atoms with Crippen molar-refractivity contribution in [1.82, 2.24) is 4.90 Å². The third kappa shape index (κ3) is 5.48. The van der Waals surface area contributed by atoms with Crippen LogP contribution in [0.15, 0.2) is 41.4 Å². The molecular weight excluding hydrogens is 359 g/mol. The van der Waals surface area contributed by atoms with Gasteiger partial charge < -0.3 is 9.64 Å². The fraction of sp³-hybridized carbons (Fsp3) is 0.263. The monoisotopic (exact) mass is 378 g/mol. The Morgan fingerprint density at radius 2 is 1.88 bits per heavy atom. The first-order valence-electron chi connectivity index (χ1n) is 7.87. The molecule has 2 aromatic carbocycles. The van der Waals surface area contributed by atoms with Crippen LogP contribution in [-0.4, -0.2) is 30.8 Å². The van der Waals surface area contributed by atoms with Crippen LogP contribution in [0.4, 0.5) is 5.69 Å². The normalized spacial score (nSPS) is 10.9. The first kappa shape index (κ1) is 19.3. The highest BCUT2D eigenvalue weighted by Crippen LogP contribution is 2.31. The van der Waals surface area contributed by atoms with Gasteiger partial charge in [-0.15, -0.1) is 0 Å². The molecule has 25 heavy (non-hydrogen) atoms. The Balaban J connectivity index is 2.10. The lowest BCUT2D eigenvalue weighted by atomic mass is 10.1. The Hall–Kier alpha value is -2.04. The first-order valence-corrected chi connectivity index (χ1v) is 8.62. The summed E-state index contributed by atoms with van der Waals surface area (Å²) in [6.07, 6.45) is 1.66. The number of aliphatic imine (C=N–C) groups is 1. The fourth-order valence-electron chi connectivity index (χ4n) is 1.95. The number of carbonyl (C=O) groups is 1. The van der Waals surface area contributed by atoms with Crippen LogP contribution in [0, 0.1) is 6.92 Å². The number of ether oxygens (including phenoxy) is 1. The standard InChI is InChI=1S/C19H20Cl2N2O2/c1-4-23(3)12-22-18-10-16(20)15(9-17(18)21)19(24)25-11-14-7-5-13(2)6-8-14/h5-10,12H,4,11H2,1-3H3/b22-12+. The minimum absolute atomic E-state index is 0.175. The second-order valence-corrected chi connectivity index (χ2v) is 6.48. The number of nitrogens with zero attached hydrogens (tertiary/aromatic N) is 2. The Kier molecular flexibility index (Phi) is 6.85. The summed E-state index contributed by atoms with van der Waals surface area (Å²) < 4.78 is 5.32. The SMILES string of the molecule is CCN(C)/C=N/c1cc(Cl)c(C(=O)OCc2ccc(C)cc2)cc1Cl. The van der Waals surface area contributed by atoms with Gasteiger partial charge in [0, 0.05) is 13.6 Å². The van der Waals surface area contributed by atoms with Gasteiger partial charge in [0.1, 0.15) is 6.61 Å². The van der Waals surface area contributed by atoms with Gasteiger partial charge >= 0.3 is 5.97 Å². The number of esters is 1. The first-order chi connectivity index (χ1) is 11.9. The molecule has 2 rings (SSSR count). The Labute approximate surface area is 158 Å². The van der Waals surface area contributed by atoms with Crippen LogP contribution in [0.5, 0.6) is 0 Å². The molecule has 132 valence electrons. The Bertz CT molecular complexity index is 774. The van der Waals surface area contributed by atoms with Crippen molar-refractivity contribution in [1.29, 1.82) is 0 Å². The van der Waals surface area contributed by atoms with Crippen molar-refractivity contribution in [3.63, 3.8) is 0 Å². The third-order valence-corrected chi connectivity index (χ3v) is 4.26. The molecule has 0 fully saturated rings. The minimum atomic E-state index is -0.520. The topological polar surface area (TPSA) is 41.9 Å². The lowest BCUT2D eigenvalue weighted by molar-refractivity contribution is 0.0473. The predicted molar refractivity (Wildman–Crippen MR) is 103 cm³/mol. The van der Waals surface area contributed by atoms with Crippen molar-refractivity contribution >= 4 is 41.2 Å². The number of hydrogen-bond donors (Lipinski definition) is 0. The van der Waals surface area contributed by atoms with E-state index in [1.807, 2.05) is 50.1 Å². The van der Waals surface area contributed by atoms with Crippen molar-refractivity contribution in [2.24, 2.45) is 4.99 Å². The van der Waals surface area contributed by atoms with E-state index in [0.29, 0.717) is 10.7 Å². The molecule has 6 heteroatoms. The van der Waals surface area contributed by atoms with E-state index in [4.69, 9.17) is 27.9 Å². The molecule has 2 aromatic rings. The molecule has 0 saturated heterocycles. The van der Waals surface area contributed by atoms with Gasteiger partial charge in [-0.25, -0.2) is 9.79 Å². The molecule has 0 spiro atoms. The second-order valence-electron chi connectivity index (χ2n) is 5.66. The summed E-state index contributed by atoms with van der Waals surface area (Å²) in [6.45, 7) is 5.00. The third-order valence-electron chi connectivity index (χ3n) is 3.64. The van der Waals surface area contributed by atoms with E-state index in [2.05, 4.69) is 4.99 Å². The summed E-state index contributed by atoms with van der Waals surface area (Å²) in [4.78, 5) is 18.4. The summed E-state index contributed by atoms with van der Waals surface area (Å²) in [6, 6.07) is 10.8. The smallest absolute Gasteiger partial charge is 0.340 e. The van der Waals surface area contributed by atoms with Gasteiger partial charge in [0.05, 0.1) is 27.6 Å². The van der Waals surface area contributed by atoms with Gasteiger partial charge in [-0.05, 0) is 31.5 Å². The van der Waals surface area contributed by atoms with Crippen LogP contribution in [0.1, 0.15) is 28.4 Å². The molecule has 0 aliphatic rings. The summed E-state index contributed by atoms with van der Waals surface area (Å²) >= 11 is 12.4. The lowest BCUT2D eigenvalue weighted by Crippen LogP contribution is -2.14. The highest BCUT2D eigenvalue weighted by Gasteiger charge is 2.15. The second kappa shape index (κ2) is 8.88. The van der Waals surface area contributed by atoms with Crippen LogP contribution >= 0.6 is 23.2 Å². The maximum atomic E-state index is 12.3. The maximum Gasteiger partial charge on any atom is 0.340 e. The molecule has 0 aliphatic heterocycles. The van der Waals surface area contributed by atoms with Crippen molar-refractivity contribution in [3.05, 3.63) is 63.1 Å². The van der Waals surface area contributed by atoms with E-state index in [0.717, 1.165) is 17.7 Å². The number of aryl methyl sites for hydroxylation is 1. The average molecular weight is 379 g/mol. The van der Waals surface area contributed by atoms with E-state index in [-0.39, 0.29) is 17.2 Å². The Morgan fingerprint density at radius 3 is 2.52 bits per heavy atom.